The van der Waals surface area contributed by atoms with Gasteiger partial charge in [0, 0.05) is 24.4 Å². The highest BCUT2D eigenvalue weighted by Crippen LogP contribution is 2.36. The lowest BCUT2D eigenvalue weighted by atomic mass is 10.1. The SMILES string of the molecule is Cc1cc2c(cc1NC(=O)N(C)Cc1c(C)noc1C)OCO2. The van der Waals surface area contributed by atoms with E-state index in [0.29, 0.717) is 23.7 Å². The molecule has 1 aromatic heterocycles. The summed E-state index contributed by atoms with van der Waals surface area (Å²) in [7, 11) is 1.73. The highest BCUT2D eigenvalue weighted by Gasteiger charge is 2.19. The summed E-state index contributed by atoms with van der Waals surface area (Å²) in [6.45, 7) is 6.24. The molecule has 0 fully saturated rings. The van der Waals surface area contributed by atoms with Crippen molar-refractivity contribution in [3.63, 3.8) is 0 Å². The molecule has 0 aliphatic carbocycles. The van der Waals surface area contributed by atoms with Crippen LogP contribution in [0.4, 0.5) is 10.5 Å². The molecule has 122 valence electrons. The van der Waals surface area contributed by atoms with Gasteiger partial charge in [-0.1, -0.05) is 5.16 Å². The van der Waals surface area contributed by atoms with Crippen LogP contribution in [-0.2, 0) is 6.54 Å². The fourth-order valence-electron chi connectivity index (χ4n) is 2.43. The summed E-state index contributed by atoms with van der Waals surface area (Å²) in [4.78, 5) is 14.0. The van der Waals surface area contributed by atoms with Crippen molar-refractivity contribution in [2.24, 2.45) is 0 Å². The Labute approximate surface area is 134 Å². The van der Waals surface area contributed by atoms with E-state index in [9.17, 15) is 4.79 Å². The van der Waals surface area contributed by atoms with Gasteiger partial charge in [-0.25, -0.2) is 4.79 Å². The summed E-state index contributed by atoms with van der Waals surface area (Å²) >= 11 is 0. The number of carbonyl (C=O) groups excluding carboxylic acids is 1. The van der Waals surface area contributed by atoms with Crippen LogP contribution in [0.5, 0.6) is 11.5 Å². The minimum atomic E-state index is -0.216. The largest absolute Gasteiger partial charge is 0.454 e. The van der Waals surface area contributed by atoms with E-state index < -0.39 is 0 Å². The van der Waals surface area contributed by atoms with Crippen molar-refractivity contribution in [1.29, 1.82) is 0 Å². The molecule has 0 atom stereocenters. The zero-order valence-electron chi connectivity index (χ0n) is 13.6. The normalized spacial score (nSPS) is 12.3. The second kappa shape index (κ2) is 5.83. The Morgan fingerprint density at radius 2 is 1.96 bits per heavy atom. The van der Waals surface area contributed by atoms with Gasteiger partial charge in [-0.05, 0) is 32.4 Å². The Kier molecular flexibility index (Phi) is 3.85. The Hall–Kier alpha value is -2.70. The monoisotopic (exact) mass is 317 g/mol. The number of carbonyl (C=O) groups is 1. The lowest BCUT2D eigenvalue weighted by molar-refractivity contribution is 0.174. The first-order valence-electron chi connectivity index (χ1n) is 7.30. The van der Waals surface area contributed by atoms with E-state index in [1.807, 2.05) is 26.8 Å². The number of nitrogens with one attached hydrogen (secondary N) is 1. The number of nitrogens with zero attached hydrogens (tertiary/aromatic N) is 2. The maximum Gasteiger partial charge on any atom is 0.321 e. The van der Waals surface area contributed by atoms with Crippen molar-refractivity contribution >= 4 is 11.7 Å². The van der Waals surface area contributed by atoms with Gasteiger partial charge in [0.2, 0.25) is 6.79 Å². The number of hydrogen-bond acceptors (Lipinski definition) is 5. The number of benzene rings is 1. The zero-order valence-corrected chi connectivity index (χ0v) is 13.6. The second-order valence-corrected chi connectivity index (χ2v) is 5.61. The molecule has 3 rings (SSSR count). The van der Waals surface area contributed by atoms with Gasteiger partial charge in [0.15, 0.2) is 11.5 Å². The molecule has 0 spiro atoms. The molecule has 0 radical (unpaired) electrons. The van der Waals surface area contributed by atoms with Gasteiger partial charge < -0.3 is 24.2 Å². The highest BCUT2D eigenvalue weighted by atomic mass is 16.7. The summed E-state index contributed by atoms with van der Waals surface area (Å²) in [6, 6.07) is 3.41. The molecule has 23 heavy (non-hydrogen) atoms. The van der Waals surface area contributed by atoms with Gasteiger partial charge >= 0.3 is 6.03 Å². The lowest BCUT2D eigenvalue weighted by Crippen LogP contribution is -2.31. The van der Waals surface area contributed by atoms with Crippen molar-refractivity contribution in [2.45, 2.75) is 27.3 Å². The number of rotatable bonds is 3. The van der Waals surface area contributed by atoms with Crippen molar-refractivity contribution in [3.8, 4) is 11.5 Å². The summed E-state index contributed by atoms with van der Waals surface area (Å²) in [5.41, 5.74) is 3.32. The lowest BCUT2D eigenvalue weighted by Gasteiger charge is -2.19. The van der Waals surface area contributed by atoms with E-state index in [2.05, 4.69) is 10.5 Å². The maximum absolute atomic E-state index is 12.4. The van der Waals surface area contributed by atoms with Crippen molar-refractivity contribution in [1.82, 2.24) is 10.1 Å². The second-order valence-electron chi connectivity index (χ2n) is 5.61. The number of aromatic nitrogens is 1. The molecule has 0 saturated carbocycles. The Morgan fingerprint density at radius 1 is 1.26 bits per heavy atom. The maximum atomic E-state index is 12.4. The van der Waals surface area contributed by atoms with Crippen LogP contribution >= 0.6 is 0 Å². The van der Waals surface area contributed by atoms with E-state index in [0.717, 1.165) is 22.6 Å². The molecular formula is C16H19N3O4. The first-order chi connectivity index (χ1) is 11.0. The molecule has 7 heteroatoms. The van der Waals surface area contributed by atoms with E-state index in [1.54, 1.807) is 18.0 Å². The van der Waals surface area contributed by atoms with Crippen LogP contribution in [0.25, 0.3) is 0 Å². The predicted octanol–water partition coefficient (Wildman–Crippen LogP) is 2.99. The molecule has 1 aliphatic rings. The summed E-state index contributed by atoms with van der Waals surface area (Å²) < 4.78 is 15.8. The average Bonchev–Trinajstić information content (AvgIpc) is 3.08. The fourth-order valence-corrected chi connectivity index (χ4v) is 2.43. The molecule has 1 aliphatic heterocycles. The van der Waals surface area contributed by atoms with Gasteiger partial charge in [0.05, 0.1) is 12.2 Å². The quantitative estimate of drug-likeness (QED) is 0.941. The minimum absolute atomic E-state index is 0.206. The van der Waals surface area contributed by atoms with Gasteiger partial charge in [0.1, 0.15) is 5.76 Å². The molecule has 2 amide bonds. The van der Waals surface area contributed by atoms with Gasteiger partial charge in [-0.2, -0.15) is 0 Å². The van der Waals surface area contributed by atoms with Crippen LogP contribution < -0.4 is 14.8 Å². The van der Waals surface area contributed by atoms with E-state index in [1.165, 1.54) is 0 Å². The molecule has 7 nitrogen and oxygen atoms in total. The van der Waals surface area contributed by atoms with Gasteiger partial charge in [-0.3, -0.25) is 0 Å². The molecule has 1 aromatic carbocycles. The molecule has 2 heterocycles. The Bertz CT molecular complexity index is 735. The minimum Gasteiger partial charge on any atom is -0.454 e. The van der Waals surface area contributed by atoms with Crippen LogP contribution in [0, 0.1) is 20.8 Å². The number of fused-ring (bicyclic) bond motifs is 1. The molecule has 0 saturated heterocycles. The molecule has 1 N–H and O–H groups in total. The summed E-state index contributed by atoms with van der Waals surface area (Å²) in [5.74, 6) is 2.06. The standard InChI is InChI=1S/C16H19N3O4/c1-9-5-14-15(22-8-21-14)6-13(9)17-16(20)19(4)7-12-10(2)18-23-11(12)3/h5-6H,7-8H2,1-4H3,(H,17,20). The van der Waals surface area contributed by atoms with Crippen molar-refractivity contribution < 1.29 is 18.8 Å². The molecule has 0 bridgehead atoms. The van der Waals surface area contributed by atoms with Gasteiger partial charge in [-0.15, -0.1) is 0 Å². The summed E-state index contributed by atoms with van der Waals surface area (Å²) in [5, 5.41) is 6.79. The molecule has 0 unspecified atom stereocenters. The first kappa shape index (κ1) is 15.2. The van der Waals surface area contributed by atoms with Crippen LogP contribution in [0.2, 0.25) is 0 Å². The van der Waals surface area contributed by atoms with Crippen molar-refractivity contribution in [3.05, 3.63) is 34.7 Å². The number of amides is 2. The number of hydrogen-bond donors (Lipinski definition) is 1. The number of aryl methyl sites for hydroxylation is 3. The molecule has 2 aromatic rings. The third-order valence-electron chi connectivity index (χ3n) is 3.88. The van der Waals surface area contributed by atoms with Crippen LogP contribution in [0.1, 0.15) is 22.6 Å². The number of ether oxygens (including phenoxy) is 2. The van der Waals surface area contributed by atoms with E-state index >= 15 is 0 Å². The fraction of sp³-hybridized carbons (Fsp3) is 0.375. The highest BCUT2D eigenvalue weighted by molar-refractivity contribution is 5.90. The average molecular weight is 317 g/mol. The van der Waals surface area contributed by atoms with Crippen molar-refractivity contribution in [2.75, 3.05) is 19.2 Å². The Morgan fingerprint density at radius 3 is 2.61 bits per heavy atom. The summed E-state index contributed by atoms with van der Waals surface area (Å²) in [6.07, 6.45) is 0. The smallest absolute Gasteiger partial charge is 0.321 e. The first-order valence-corrected chi connectivity index (χ1v) is 7.30. The number of anilines is 1. The van der Waals surface area contributed by atoms with Crippen LogP contribution in [-0.4, -0.2) is 29.9 Å². The topological polar surface area (TPSA) is 76.8 Å². The van der Waals surface area contributed by atoms with Gasteiger partial charge in [0.25, 0.3) is 0 Å². The van der Waals surface area contributed by atoms with Crippen LogP contribution in [0.15, 0.2) is 16.7 Å². The number of urea groups is 1. The third kappa shape index (κ3) is 2.94. The molecular weight excluding hydrogens is 298 g/mol. The predicted molar refractivity (Wildman–Crippen MR) is 83.8 cm³/mol. The zero-order chi connectivity index (χ0) is 16.6. The van der Waals surface area contributed by atoms with E-state index in [-0.39, 0.29) is 12.8 Å². The van der Waals surface area contributed by atoms with Crippen LogP contribution in [0.3, 0.4) is 0 Å². The Balaban J connectivity index is 1.72. The third-order valence-corrected chi connectivity index (χ3v) is 3.88. The van der Waals surface area contributed by atoms with E-state index in [4.69, 9.17) is 14.0 Å².